The van der Waals surface area contributed by atoms with Crippen LogP contribution in [0.4, 0.5) is 0 Å². The van der Waals surface area contributed by atoms with Gasteiger partial charge in [0.2, 0.25) is 0 Å². The molecule has 0 aliphatic heterocycles. The van der Waals surface area contributed by atoms with Crippen molar-refractivity contribution in [3.05, 3.63) is 64.1 Å². The highest BCUT2D eigenvalue weighted by Gasteiger charge is 2.09. The van der Waals surface area contributed by atoms with Crippen LogP contribution in [0.3, 0.4) is 0 Å². The van der Waals surface area contributed by atoms with E-state index >= 15 is 0 Å². The maximum Gasteiger partial charge on any atom is 0.119 e. The maximum absolute atomic E-state index is 9.53. The van der Waals surface area contributed by atoms with Gasteiger partial charge in [-0.15, -0.1) is 0 Å². The Morgan fingerprint density at radius 1 is 1.14 bits per heavy atom. The molecule has 0 radical (unpaired) electrons. The Morgan fingerprint density at radius 3 is 2.57 bits per heavy atom. The molecule has 2 aromatic rings. The van der Waals surface area contributed by atoms with Gasteiger partial charge in [-0.05, 0) is 55.5 Å². The number of aliphatic hydroxyl groups is 1. The quantitative estimate of drug-likeness (QED) is 0.804. The number of rotatable bonds is 7. The monoisotopic (exact) mass is 348 g/mol. The summed E-state index contributed by atoms with van der Waals surface area (Å²) in [6, 6.07) is 16.3. The minimum Gasteiger partial charge on any atom is -0.494 e. The second kappa shape index (κ2) is 8.20. The minimum atomic E-state index is 0.192. The lowest BCUT2D eigenvalue weighted by Crippen LogP contribution is -2.14. The summed E-state index contributed by atoms with van der Waals surface area (Å²) in [7, 11) is 0. The number of ether oxygens (including phenoxy) is 1. The van der Waals surface area contributed by atoms with E-state index < -0.39 is 0 Å². The first-order chi connectivity index (χ1) is 10.2. The molecule has 0 bridgehead atoms. The Bertz CT molecular complexity index is 551. The molecule has 0 aliphatic carbocycles. The summed E-state index contributed by atoms with van der Waals surface area (Å²) in [5, 5.41) is 9.53. The van der Waals surface area contributed by atoms with E-state index in [0.29, 0.717) is 6.61 Å². The smallest absolute Gasteiger partial charge is 0.119 e. The summed E-state index contributed by atoms with van der Waals surface area (Å²) in [6.45, 7) is 2.91. The van der Waals surface area contributed by atoms with Crippen LogP contribution in [-0.2, 0) is 6.42 Å². The van der Waals surface area contributed by atoms with Gasteiger partial charge in [-0.2, -0.15) is 0 Å². The summed E-state index contributed by atoms with van der Waals surface area (Å²) >= 11 is 3.40. The van der Waals surface area contributed by atoms with Crippen LogP contribution in [-0.4, -0.2) is 18.3 Å². The molecule has 1 atom stereocenters. The number of hydrogen-bond donors (Lipinski definition) is 1. The molecular formula is C18H21BrO2. The third-order valence-corrected chi connectivity index (χ3v) is 4.00. The van der Waals surface area contributed by atoms with Gasteiger partial charge in [0.1, 0.15) is 5.75 Å². The average Bonchev–Trinajstić information content (AvgIpc) is 2.48. The SMILES string of the molecule is Cc1cccc(CC(CO)CCOc2ccc(Br)cc2)c1. The van der Waals surface area contributed by atoms with Crippen LogP contribution in [0.15, 0.2) is 53.0 Å². The molecule has 0 heterocycles. The fourth-order valence-electron chi connectivity index (χ4n) is 2.30. The number of hydrogen-bond acceptors (Lipinski definition) is 2. The number of benzene rings is 2. The summed E-state index contributed by atoms with van der Waals surface area (Å²) in [6.07, 6.45) is 1.74. The molecule has 2 aromatic carbocycles. The Hall–Kier alpha value is -1.32. The van der Waals surface area contributed by atoms with Crippen molar-refractivity contribution < 1.29 is 9.84 Å². The second-order valence-corrected chi connectivity index (χ2v) is 6.25. The van der Waals surface area contributed by atoms with Crippen molar-refractivity contribution in [3.63, 3.8) is 0 Å². The Balaban J connectivity index is 1.81. The van der Waals surface area contributed by atoms with Crippen molar-refractivity contribution in [1.29, 1.82) is 0 Å². The minimum absolute atomic E-state index is 0.192. The molecule has 0 aromatic heterocycles. The Labute approximate surface area is 134 Å². The summed E-state index contributed by atoms with van der Waals surface area (Å²) in [5.41, 5.74) is 2.54. The van der Waals surface area contributed by atoms with Gasteiger partial charge in [0.25, 0.3) is 0 Å². The normalized spacial score (nSPS) is 12.1. The van der Waals surface area contributed by atoms with Crippen molar-refractivity contribution in [2.75, 3.05) is 13.2 Å². The second-order valence-electron chi connectivity index (χ2n) is 5.33. The number of aryl methyl sites for hydroxylation is 1. The van der Waals surface area contributed by atoms with E-state index in [0.717, 1.165) is 23.1 Å². The molecule has 112 valence electrons. The molecule has 0 saturated heterocycles. The molecule has 2 rings (SSSR count). The van der Waals surface area contributed by atoms with E-state index in [2.05, 4.69) is 47.1 Å². The molecule has 0 amide bonds. The maximum atomic E-state index is 9.53. The van der Waals surface area contributed by atoms with Crippen molar-refractivity contribution in [3.8, 4) is 5.75 Å². The summed E-state index contributed by atoms with van der Waals surface area (Å²) in [4.78, 5) is 0. The third-order valence-electron chi connectivity index (χ3n) is 3.47. The lowest BCUT2D eigenvalue weighted by Gasteiger charge is -2.15. The molecule has 1 N–H and O–H groups in total. The lowest BCUT2D eigenvalue weighted by atomic mass is 9.96. The third kappa shape index (κ3) is 5.52. The molecule has 0 aliphatic rings. The zero-order valence-corrected chi connectivity index (χ0v) is 13.8. The van der Waals surface area contributed by atoms with Gasteiger partial charge in [-0.1, -0.05) is 45.8 Å². The molecule has 0 spiro atoms. The lowest BCUT2D eigenvalue weighted by molar-refractivity contribution is 0.190. The topological polar surface area (TPSA) is 29.5 Å². The molecule has 1 unspecified atom stereocenters. The van der Waals surface area contributed by atoms with Crippen LogP contribution < -0.4 is 4.74 Å². The first-order valence-corrected chi connectivity index (χ1v) is 8.01. The van der Waals surface area contributed by atoms with E-state index in [1.807, 2.05) is 24.3 Å². The van der Waals surface area contributed by atoms with Crippen LogP contribution in [0, 0.1) is 12.8 Å². The molecular weight excluding hydrogens is 328 g/mol. The highest BCUT2D eigenvalue weighted by atomic mass is 79.9. The van der Waals surface area contributed by atoms with Crippen LogP contribution >= 0.6 is 15.9 Å². The van der Waals surface area contributed by atoms with Crippen LogP contribution in [0.25, 0.3) is 0 Å². The molecule has 3 heteroatoms. The predicted octanol–water partition coefficient (Wildman–Crippen LogP) is 4.38. The first-order valence-electron chi connectivity index (χ1n) is 7.22. The van der Waals surface area contributed by atoms with Gasteiger partial charge in [-0.3, -0.25) is 0 Å². The van der Waals surface area contributed by atoms with E-state index in [9.17, 15) is 5.11 Å². The number of halogens is 1. The summed E-state index contributed by atoms with van der Waals surface area (Å²) < 4.78 is 6.77. The van der Waals surface area contributed by atoms with Crippen LogP contribution in [0.5, 0.6) is 5.75 Å². The van der Waals surface area contributed by atoms with Crippen molar-refractivity contribution >= 4 is 15.9 Å². The predicted molar refractivity (Wildman–Crippen MR) is 89.7 cm³/mol. The highest BCUT2D eigenvalue weighted by molar-refractivity contribution is 9.10. The average molecular weight is 349 g/mol. The summed E-state index contributed by atoms with van der Waals surface area (Å²) in [5.74, 6) is 1.10. The highest BCUT2D eigenvalue weighted by Crippen LogP contribution is 2.18. The van der Waals surface area contributed by atoms with Crippen molar-refractivity contribution in [2.45, 2.75) is 19.8 Å². The van der Waals surface area contributed by atoms with Gasteiger partial charge >= 0.3 is 0 Å². The van der Waals surface area contributed by atoms with Gasteiger partial charge < -0.3 is 9.84 Å². The Kier molecular flexibility index (Phi) is 6.27. The first kappa shape index (κ1) is 16.1. The fraction of sp³-hybridized carbons (Fsp3) is 0.333. The fourth-order valence-corrected chi connectivity index (χ4v) is 2.57. The molecule has 21 heavy (non-hydrogen) atoms. The van der Waals surface area contributed by atoms with E-state index in [1.54, 1.807) is 0 Å². The van der Waals surface area contributed by atoms with Crippen molar-refractivity contribution in [1.82, 2.24) is 0 Å². The van der Waals surface area contributed by atoms with Gasteiger partial charge in [0.05, 0.1) is 6.61 Å². The molecule has 2 nitrogen and oxygen atoms in total. The molecule has 0 fully saturated rings. The van der Waals surface area contributed by atoms with Gasteiger partial charge in [-0.25, -0.2) is 0 Å². The van der Waals surface area contributed by atoms with Crippen LogP contribution in [0.1, 0.15) is 17.5 Å². The van der Waals surface area contributed by atoms with Crippen molar-refractivity contribution in [2.24, 2.45) is 5.92 Å². The van der Waals surface area contributed by atoms with Gasteiger partial charge in [0, 0.05) is 11.1 Å². The number of aliphatic hydroxyl groups excluding tert-OH is 1. The van der Waals surface area contributed by atoms with E-state index in [4.69, 9.17) is 4.74 Å². The zero-order chi connectivity index (χ0) is 15.1. The van der Waals surface area contributed by atoms with E-state index in [1.165, 1.54) is 11.1 Å². The Morgan fingerprint density at radius 2 is 1.90 bits per heavy atom. The molecule has 0 saturated carbocycles. The largest absolute Gasteiger partial charge is 0.494 e. The van der Waals surface area contributed by atoms with Crippen LogP contribution in [0.2, 0.25) is 0 Å². The van der Waals surface area contributed by atoms with Gasteiger partial charge in [0.15, 0.2) is 0 Å². The zero-order valence-electron chi connectivity index (χ0n) is 12.3. The standard InChI is InChI=1S/C18H21BrO2/c1-14-3-2-4-15(11-14)12-16(13-20)9-10-21-18-7-5-17(19)6-8-18/h2-8,11,16,20H,9-10,12-13H2,1H3. The van der Waals surface area contributed by atoms with E-state index in [-0.39, 0.29) is 12.5 Å².